The van der Waals surface area contributed by atoms with Crippen LogP contribution >= 0.6 is 23.2 Å². The van der Waals surface area contributed by atoms with Crippen LogP contribution in [-0.2, 0) is 17.3 Å². The average Bonchev–Trinajstić information content (AvgIpc) is 1.57. The summed E-state index contributed by atoms with van der Waals surface area (Å²) >= 11 is 12.3. The number of hydrogen-bond acceptors (Lipinski definition) is 6. The minimum absolute atomic E-state index is 0.0925. The molecule has 0 radical (unpaired) electrons. The largest absolute Gasteiger partial charge is 0.451 e. The number of halogens is 2. The monoisotopic (exact) mass is 1290 g/mol. The van der Waals surface area contributed by atoms with E-state index in [1.807, 2.05) is 6.07 Å². The third-order valence-corrected chi connectivity index (χ3v) is 21.0. The van der Waals surface area contributed by atoms with Crippen LogP contribution in [0.2, 0.25) is 10.4 Å². The lowest BCUT2D eigenvalue weighted by Crippen LogP contribution is -2.16. The van der Waals surface area contributed by atoms with E-state index in [-0.39, 0.29) is 21.3 Å². The first-order valence-corrected chi connectivity index (χ1v) is 33.6. The molecule has 0 amide bonds. The van der Waals surface area contributed by atoms with Crippen molar-refractivity contribution in [3.63, 3.8) is 0 Å². The molecule has 0 spiro atoms. The van der Waals surface area contributed by atoms with Crippen molar-refractivity contribution in [1.82, 2.24) is 29.1 Å². The molecule has 97 heavy (non-hydrogen) atoms. The summed E-state index contributed by atoms with van der Waals surface area (Å²) in [6.45, 7) is 9.27. The Kier molecular flexibility index (Phi) is 12.7. The van der Waals surface area contributed by atoms with E-state index < -0.39 is 0 Å². The second-order valence-electron chi connectivity index (χ2n) is 26.6. The van der Waals surface area contributed by atoms with Crippen molar-refractivity contribution in [3.8, 4) is 67.4 Å². The molecule has 0 bridgehead atoms. The van der Waals surface area contributed by atoms with Gasteiger partial charge in [-0.05, 0) is 156 Å². The summed E-state index contributed by atoms with van der Waals surface area (Å²) < 4.78 is 17.2. The number of hydrogen-bond donors (Lipinski definition) is 0. The van der Waals surface area contributed by atoms with Crippen LogP contribution in [0.3, 0.4) is 0 Å². The van der Waals surface area contributed by atoms with Crippen LogP contribution in [0.4, 0.5) is 0 Å². The number of nitrogens with zero attached hydrogens (tertiary/aromatic N) is 6. The first-order valence-electron chi connectivity index (χ1n) is 32.9. The number of para-hydroxylation sites is 4. The van der Waals surface area contributed by atoms with Gasteiger partial charge >= 0.3 is 0 Å². The van der Waals surface area contributed by atoms with E-state index in [9.17, 15) is 0 Å². The third-order valence-electron chi connectivity index (χ3n) is 20.6. The highest BCUT2D eigenvalue weighted by Gasteiger charge is 2.39. The predicted molar refractivity (Wildman–Crippen MR) is 398 cm³/mol. The highest BCUT2D eigenvalue weighted by molar-refractivity contribution is 6.36. The Morgan fingerprint density at radius 2 is 0.732 bits per heavy atom. The van der Waals surface area contributed by atoms with Crippen molar-refractivity contribution in [1.29, 1.82) is 0 Å². The second-order valence-corrected chi connectivity index (χ2v) is 27.3. The second kappa shape index (κ2) is 21.6. The number of rotatable bonds is 4. The number of furan rings is 2. The summed E-state index contributed by atoms with van der Waals surface area (Å²) in [5, 5.41) is 6.82. The molecule has 6 aromatic heterocycles. The zero-order chi connectivity index (χ0) is 65.0. The Morgan fingerprint density at radius 1 is 0.340 bits per heavy atom. The zero-order valence-corrected chi connectivity index (χ0v) is 54.9. The van der Waals surface area contributed by atoms with Gasteiger partial charge in [-0.15, -0.1) is 0 Å². The van der Waals surface area contributed by atoms with Gasteiger partial charge in [-0.3, -0.25) is 9.13 Å². The number of benzene rings is 12. The van der Waals surface area contributed by atoms with Crippen molar-refractivity contribution in [3.05, 3.63) is 311 Å². The zero-order valence-electron chi connectivity index (χ0n) is 53.4. The molecule has 6 heterocycles. The fraction of sp³-hybridized carbons (Fsp3) is 0.0805. The Morgan fingerprint density at radius 3 is 1.23 bits per heavy atom. The Bertz CT molecular complexity index is 6210. The average molecular weight is 1290 g/mol. The SMILES string of the molecule is CC1(C)c2ccccc2-c2cccc(-c3ccc4oc5c(-n6c7ccccc7c7ccccc76)nc(-n6c7ccccc7c7ccccc76)nc5c4c3)c21.CC1(C)c2ccccc2-c2cccc(-c3ccc4oc5c(Cl)nc(Cl)nc5c4c3)c21.c1ccc2c(c1)Cc1ccccc1-2. The summed E-state index contributed by atoms with van der Waals surface area (Å²) in [5.41, 5.74) is 29.1. The smallest absolute Gasteiger partial charge is 0.237 e. The van der Waals surface area contributed by atoms with Crippen molar-refractivity contribution >= 4 is 111 Å². The van der Waals surface area contributed by atoms with Gasteiger partial charge in [0.2, 0.25) is 11.2 Å². The van der Waals surface area contributed by atoms with Gasteiger partial charge in [-0.1, -0.05) is 258 Å². The molecule has 3 aliphatic carbocycles. The lowest BCUT2D eigenvalue weighted by molar-refractivity contribution is 0.661. The number of aromatic nitrogens is 6. The molecule has 3 aliphatic rings. The highest BCUT2D eigenvalue weighted by atomic mass is 35.5. The van der Waals surface area contributed by atoms with E-state index in [0.29, 0.717) is 34.0 Å². The Labute approximate surface area is 568 Å². The van der Waals surface area contributed by atoms with Gasteiger partial charge in [0, 0.05) is 43.1 Å². The molecule has 0 unspecified atom stereocenters. The fourth-order valence-electron chi connectivity index (χ4n) is 16.3. The van der Waals surface area contributed by atoms with Crippen LogP contribution < -0.4 is 0 Å². The van der Waals surface area contributed by atoms with Crippen molar-refractivity contribution < 1.29 is 8.83 Å². The minimum Gasteiger partial charge on any atom is -0.451 e. The van der Waals surface area contributed by atoms with Gasteiger partial charge < -0.3 is 8.83 Å². The summed E-state index contributed by atoms with van der Waals surface area (Å²) in [6, 6.07) is 94.9. The molecule has 0 saturated heterocycles. The summed E-state index contributed by atoms with van der Waals surface area (Å²) in [5.74, 6) is 1.31. The molecular weight excluding hydrogens is 1230 g/mol. The minimum atomic E-state index is -0.147. The van der Waals surface area contributed by atoms with Gasteiger partial charge in [0.25, 0.3) is 0 Å². The third kappa shape index (κ3) is 8.63. The molecule has 21 rings (SSSR count). The van der Waals surface area contributed by atoms with E-state index >= 15 is 0 Å². The Balaban J connectivity index is 0.000000127. The lowest BCUT2D eigenvalue weighted by Gasteiger charge is -2.24. The van der Waals surface area contributed by atoms with Crippen molar-refractivity contribution in [2.45, 2.75) is 44.9 Å². The summed E-state index contributed by atoms with van der Waals surface area (Å²) in [4.78, 5) is 19.3. The van der Waals surface area contributed by atoms with Crippen LogP contribution in [0.15, 0.2) is 276 Å². The van der Waals surface area contributed by atoms with Gasteiger partial charge in [0.05, 0.1) is 22.1 Å². The molecule has 12 aromatic carbocycles. The van der Waals surface area contributed by atoms with Crippen LogP contribution in [0.5, 0.6) is 0 Å². The predicted octanol–water partition coefficient (Wildman–Crippen LogP) is 23.5. The van der Waals surface area contributed by atoms with Crippen molar-refractivity contribution in [2.24, 2.45) is 0 Å². The van der Waals surface area contributed by atoms with Gasteiger partial charge in [0.1, 0.15) is 22.2 Å². The maximum Gasteiger partial charge on any atom is 0.237 e. The topological polar surface area (TPSA) is 87.7 Å². The maximum absolute atomic E-state index is 6.87. The molecule has 0 N–H and O–H groups in total. The van der Waals surface area contributed by atoms with Gasteiger partial charge in [0.15, 0.2) is 22.1 Å². The van der Waals surface area contributed by atoms with E-state index in [4.69, 9.17) is 42.0 Å². The highest BCUT2D eigenvalue weighted by Crippen LogP contribution is 2.54. The molecule has 8 nitrogen and oxygen atoms in total. The molecule has 10 heteroatoms. The van der Waals surface area contributed by atoms with Crippen LogP contribution in [0.25, 0.3) is 155 Å². The van der Waals surface area contributed by atoms with E-state index in [2.05, 4.69) is 308 Å². The van der Waals surface area contributed by atoms with Crippen LogP contribution in [0, 0.1) is 0 Å². The molecule has 18 aromatic rings. The van der Waals surface area contributed by atoms with Crippen molar-refractivity contribution in [2.75, 3.05) is 0 Å². The number of fused-ring (bicyclic) bond motifs is 21. The summed E-state index contributed by atoms with van der Waals surface area (Å²) in [6.07, 6.45) is 1.10. The normalized spacial score (nSPS) is 13.6. The van der Waals surface area contributed by atoms with E-state index in [1.165, 1.54) is 88.7 Å². The molecule has 462 valence electrons. The molecule has 0 aliphatic heterocycles. The first kappa shape index (κ1) is 57.1. The summed E-state index contributed by atoms with van der Waals surface area (Å²) in [7, 11) is 0. The first-order chi connectivity index (χ1) is 47.5. The molecule has 0 fully saturated rings. The molecule has 0 atom stereocenters. The van der Waals surface area contributed by atoms with Gasteiger partial charge in [-0.25, -0.2) is 15.0 Å². The maximum atomic E-state index is 6.87. The van der Waals surface area contributed by atoms with Crippen LogP contribution in [-0.4, -0.2) is 29.1 Å². The van der Waals surface area contributed by atoms with E-state index in [0.717, 1.165) is 72.3 Å². The lowest BCUT2D eigenvalue weighted by atomic mass is 9.79. The van der Waals surface area contributed by atoms with Gasteiger partial charge in [-0.2, -0.15) is 4.98 Å². The molecular formula is C87H58Cl2N6O2. The fourth-order valence-corrected chi connectivity index (χ4v) is 16.8. The standard InChI is InChI=1S/C49H32N4O.C25H16Cl2N2O.C13H10/c1-49(2)38-21-8-3-14-31(38)36-20-13-19-30(44(36)49)29-26-27-43-37(28-29)45-46(54-43)47(52-39-22-9-4-15-32(39)33-16-5-10-23-40(33)52)51-48(50-45)53-41-24-11-6-17-34(41)35-18-7-12-25-42(35)53;1-25(2)18-9-4-3-6-15(18)16-8-5-7-14(20(16)25)13-10-11-19-17(12-13)21-22(30-19)23(26)29-24(27)28-21;1-3-7-12-10(5-1)9-11-6-2-4-8-13(11)12/h3-28H,1-2H3;3-12H,1-2H3;1-8H,9H2. The Hall–Kier alpha value is -11.4. The quantitative estimate of drug-likeness (QED) is 0.129. The van der Waals surface area contributed by atoms with E-state index in [1.54, 1.807) is 0 Å². The van der Waals surface area contributed by atoms with Crippen LogP contribution in [0.1, 0.15) is 61.1 Å². The molecule has 0 saturated carbocycles.